The van der Waals surface area contributed by atoms with Crippen molar-refractivity contribution in [1.29, 1.82) is 0 Å². The summed E-state index contributed by atoms with van der Waals surface area (Å²) in [5, 5.41) is 11.0. The molecule has 0 radical (unpaired) electrons. The first-order valence-electron chi connectivity index (χ1n) is 2.83. The molecule has 0 rings (SSSR count). The zero-order valence-electron chi connectivity index (χ0n) is 7.26. The van der Waals surface area contributed by atoms with Crippen LogP contribution < -0.4 is 34.9 Å². The molecule has 3 nitrogen and oxygen atoms in total. The van der Waals surface area contributed by atoms with Crippen LogP contribution in [0.2, 0.25) is 0 Å². The van der Waals surface area contributed by atoms with Gasteiger partial charge in [-0.15, -0.1) is 0 Å². The third kappa shape index (κ3) is 10.9. The van der Waals surface area contributed by atoms with Crippen molar-refractivity contribution in [3.8, 4) is 0 Å². The molecule has 0 fully saturated rings. The van der Waals surface area contributed by atoms with Gasteiger partial charge in [-0.25, -0.2) is 0 Å². The van der Waals surface area contributed by atoms with Gasteiger partial charge in [0, 0.05) is 13.0 Å². The van der Waals surface area contributed by atoms with Crippen LogP contribution in [-0.4, -0.2) is 17.6 Å². The molecule has 54 valence electrons. The first-order chi connectivity index (χ1) is 4.27. The number of hydrogen-bond acceptors (Lipinski definition) is 2. The summed E-state index contributed by atoms with van der Waals surface area (Å²) in [5.41, 5.74) is 0. The van der Waals surface area contributed by atoms with E-state index < -0.39 is 5.97 Å². The van der Waals surface area contributed by atoms with Crippen LogP contribution in [0.5, 0.6) is 0 Å². The van der Waals surface area contributed by atoms with Crippen LogP contribution in [0, 0.1) is 0 Å². The van der Waals surface area contributed by atoms with Crippen molar-refractivity contribution in [3.63, 3.8) is 0 Å². The van der Waals surface area contributed by atoms with E-state index in [1.54, 1.807) is 6.20 Å². The molecule has 0 aliphatic rings. The molecule has 0 saturated carbocycles. The zero-order valence-corrected chi connectivity index (χ0v) is 8.26. The van der Waals surface area contributed by atoms with Gasteiger partial charge < -0.3 is 11.8 Å². The van der Waals surface area contributed by atoms with Gasteiger partial charge in [-0.2, -0.15) is 0 Å². The SMILES string of the molecule is C=CNCCCC(=O)O.[H-].[Na+]. The molecule has 0 aromatic carbocycles. The molecule has 0 aliphatic heterocycles. The largest absolute Gasteiger partial charge is 1.00 e. The van der Waals surface area contributed by atoms with Gasteiger partial charge in [0.2, 0.25) is 0 Å². The summed E-state index contributed by atoms with van der Waals surface area (Å²) in [6, 6.07) is 0. The molecule has 10 heavy (non-hydrogen) atoms. The third-order valence-corrected chi connectivity index (χ3v) is 0.856. The minimum Gasteiger partial charge on any atom is -1.00 e. The second-order valence-electron chi connectivity index (χ2n) is 1.66. The molecule has 0 unspecified atom stereocenters. The number of rotatable bonds is 5. The number of aliphatic carboxylic acids is 1. The summed E-state index contributed by atoms with van der Waals surface area (Å²) in [7, 11) is 0. The van der Waals surface area contributed by atoms with Crippen LogP contribution in [0.15, 0.2) is 12.8 Å². The monoisotopic (exact) mass is 153 g/mol. The minimum atomic E-state index is -0.749. The molecule has 0 bridgehead atoms. The van der Waals surface area contributed by atoms with Crippen LogP contribution >= 0.6 is 0 Å². The summed E-state index contributed by atoms with van der Waals surface area (Å²) < 4.78 is 0. The maximum absolute atomic E-state index is 9.91. The molecule has 0 aromatic rings. The van der Waals surface area contributed by atoms with E-state index in [1.165, 1.54) is 0 Å². The summed E-state index contributed by atoms with van der Waals surface area (Å²) in [6.45, 7) is 4.11. The van der Waals surface area contributed by atoms with Gasteiger partial charge in [0.05, 0.1) is 0 Å². The summed E-state index contributed by atoms with van der Waals surface area (Å²) >= 11 is 0. The van der Waals surface area contributed by atoms with Gasteiger partial charge in [-0.1, -0.05) is 6.58 Å². The van der Waals surface area contributed by atoms with Crippen molar-refractivity contribution in [3.05, 3.63) is 12.8 Å². The third-order valence-electron chi connectivity index (χ3n) is 0.856. The molecule has 0 atom stereocenters. The Hall–Kier alpha value is 0.0100. The fourth-order valence-corrected chi connectivity index (χ4v) is 0.444. The number of carboxylic acids is 1. The van der Waals surface area contributed by atoms with E-state index in [4.69, 9.17) is 5.11 Å². The molecule has 4 heteroatoms. The van der Waals surface area contributed by atoms with Crippen LogP contribution in [0.1, 0.15) is 14.3 Å². The zero-order chi connectivity index (χ0) is 7.11. The number of hydrogen-bond donors (Lipinski definition) is 2. The van der Waals surface area contributed by atoms with Crippen molar-refractivity contribution in [2.45, 2.75) is 12.8 Å². The normalized spacial score (nSPS) is 7.60. The smallest absolute Gasteiger partial charge is 1.00 e. The summed E-state index contributed by atoms with van der Waals surface area (Å²) in [5.74, 6) is -0.749. The quantitative estimate of drug-likeness (QED) is 0.345. The van der Waals surface area contributed by atoms with Gasteiger partial charge in [-0.3, -0.25) is 4.79 Å². The summed E-state index contributed by atoms with van der Waals surface area (Å²) in [4.78, 5) is 9.91. The van der Waals surface area contributed by atoms with E-state index in [1.807, 2.05) is 0 Å². The Kier molecular flexibility index (Phi) is 11.4. The van der Waals surface area contributed by atoms with E-state index in [-0.39, 0.29) is 37.4 Å². The van der Waals surface area contributed by atoms with Crippen molar-refractivity contribution >= 4 is 5.97 Å². The Balaban J connectivity index is -0.000000320. The van der Waals surface area contributed by atoms with E-state index in [2.05, 4.69) is 11.9 Å². The molecule has 0 heterocycles. The Morgan fingerprint density at radius 2 is 2.40 bits per heavy atom. The Labute approximate surface area is 84.3 Å². The van der Waals surface area contributed by atoms with E-state index in [0.29, 0.717) is 13.0 Å². The van der Waals surface area contributed by atoms with Crippen molar-refractivity contribution in [2.24, 2.45) is 0 Å². The molecular weight excluding hydrogens is 141 g/mol. The Morgan fingerprint density at radius 1 is 1.80 bits per heavy atom. The average Bonchev–Trinajstić information content (AvgIpc) is 1.80. The van der Waals surface area contributed by atoms with Crippen LogP contribution in [-0.2, 0) is 4.79 Å². The van der Waals surface area contributed by atoms with Crippen molar-refractivity contribution in [2.75, 3.05) is 6.54 Å². The van der Waals surface area contributed by atoms with Gasteiger partial charge >= 0.3 is 35.5 Å². The van der Waals surface area contributed by atoms with Gasteiger partial charge in [0.1, 0.15) is 0 Å². The van der Waals surface area contributed by atoms with Crippen molar-refractivity contribution < 1.29 is 40.9 Å². The van der Waals surface area contributed by atoms with Gasteiger partial charge in [0.25, 0.3) is 0 Å². The molecule has 0 amide bonds. The summed E-state index contributed by atoms with van der Waals surface area (Å²) in [6.07, 6.45) is 2.43. The average molecular weight is 153 g/mol. The standard InChI is InChI=1S/C6H11NO2.Na.H/c1-2-7-5-3-4-6(8)9;;/h2,7H,1,3-5H2,(H,8,9);;/q;+1;-1. The first-order valence-corrected chi connectivity index (χ1v) is 2.83. The number of carbonyl (C=O) groups is 1. The molecule has 0 aliphatic carbocycles. The second kappa shape index (κ2) is 9.01. The van der Waals surface area contributed by atoms with E-state index in [9.17, 15) is 4.79 Å². The fraction of sp³-hybridized carbons (Fsp3) is 0.500. The van der Waals surface area contributed by atoms with Gasteiger partial charge in [-0.05, 0) is 12.6 Å². The molecule has 2 N–H and O–H groups in total. The van der Waals surface area contributed by atoms with Crippen molar-refractivity contribution in [1.82, 2.24) is 5.32 Å². The molecule has 0 aromatic heterocycles. The van der Waals surface area contributed by atoms with E-state index in [0.717, 1.165) is 0 Å². The topological polar surface area (TPSA) is 49.3 Å². The number of nitrogens with one attached hydrogen (secondary N) is 1. The van der Waals surface area contributed by atoms with Crippen LogP contribution in [0.3, 0.4) is 0 Å². The predicted molar refractivity (Wildman–Crippen MR) is 36.2 cm³/mol. The Morgan fingerprint density at radius 3 is 2.80 bits per heavy atom. The predicted octanol–water partition coefficient (Wildman–Crippen LogP) is -2.30. The van der Waals surface area contributed by atoms with Crippen LogP contribution in [0.25, 0.3) is 0 Å². The maximum atomic E-state index is 9.91. The molecule has 0 saturated heterocycles. The molecular formula is C6H12NNaO2. The molecule has 0 spiro atoms. The maximum Gasteiger partial charge on any atom is 1.00 e. The fourth-order valence-electron chi connectivity index (χ4n) is 0.444. The van der Waals surface area contributed by atoms with Gasteiger partial charge in [0.15, 0.2) is 0 Å². The Bertz CT molecular complexity index is 111. The van der Waals surface area contributed by atoms with Crippen LogP contribution in [0.4, 0.5) is 0 Å². The minimum absolute atomic E-state index is 0. The van der Waals surface area contributed by atoms with E-state index >= 15 is 0 Å². The second-order valence-corrected chi connectivity index (χ2v) is 1.66. The first kappa shape index (κ1) is 12.7. The number of carboxylic acid groups (broad SMARTS) is 1.